The van der Waals surface area contributed by atoms with E-state index in [1.807, 2.05) is 55.5 Å². The van der Waals surface area contributed by atoms with Crippen LogP contribution < -0.4 is 5.32 Å². The number of carbonyl (C=O) groups is 1. The Morgan fingerprint density at radius 2 is 1.83 bits per heavy atom. The summed E-state index contributed by atoms with van der Waals surface area (Å²) in [6.45, 7) is 1.94. The van der Waals surface area contributed by atoms with Crippen LogP contribution in [-0.4, -0.2) is 11.8 Å². The van der Waals surface area contributed by atoms with Crippen LogP contribution in [0.5, 0.6) is 0 Å². The minimum atomic E-state index is -0.612. The molecule has 3 nitrogen and oxygen atoms in total. The monoisotopic (exact) mass is 339 g/mol. The van der Waals surface area contributed by atoms with E-state index in [-0.39, 0.29) is 5.78 Å². The maximum Gasteiger partial charge on any atom is 0.214 e. The van der Waals surface area contributed by atoms with E-state index in [2.05, 4.69) is 5.32 Å². The summed E-state index contributed by atoms with van der Waals surface area (Å²) in [6.07, 6.45) is 1.59. The highest BCUT2D eigenvalue weighted by molar-refractivity contribution is 6.36. The molecule has 1 fully saturated rings. The lowest BCUT2D eigenvalue weighted by Gasteiger charge is -2.12. The van der Waals surface area contributed by atoms with E-state index in [0.29, 0.717) is 22.5 Å². The summed E-state index contributed by atoms with van der Waals surface area (Å²) >= 11 is 6.48. The molecule has 2 aromatic carbocycles. The highest BCUT2D eigenvalue weighted by atomic mass is 35.5. The molecule has 1 saturated carbocycles. The summed E-state index contributed by atoms with van der Waals surface area (Å²) in [5.74, 6) is 0.515. The largest absolute Gasteiger partial charge is 0.462 e. The van der Waals surface area contributed by atoms with Crippen molar-refractivity contribution in [2.75, 3.05) is 0 Å². The molecule has 1 unspecified atom stereocenters. The van der Waals surface area contributed by atoms with Gasteiger partial charge in [0.05, 0.1) is 10.6 Å². The van der Waals surface area contributed by atoms with E-state index in [1.54, 1.807) is 0 Å². The minimum absolute atomic E-state index is 0.0446. The number of benzene rings is 2. The average molecular weight is 340 g/mol. The fourth-order valence-corrected chi connectivity index (χ4v) is 3.16. The number of hydrogen-bond acceptors (Lipinski definition) is 3. The quantitative estimate of drug-likeness (QED) is 0.896. The topological polar surface area (TPSA) is 38.3 Å². The van der Waals surface area contributed by atoms with Crippen molar-refractivity contribution in [2.24, 2.45) is 0 Å². The molecule has 0 radical (unpaired) electrons. The summed E-state index contributed by atoms with van der Waals surface area (Å²) < 4.78 is 6.03. The fourth-order valence-electron chi connectivity index (χ4n) is 2.94. The smallest absolute Gasteiger partial charge is 0.214 e. The summed E-state index contributed by atoms with van der Waals surface area (Å²) in [6, 6.07) is 15.7. The first kappa shape index (κ1) is 15.3. The fraction of sp³-hybridized carbons (Fsp3) is 0.250. The molecule has 4 heteroatoms. The number of carbonyl (C=O) groups excluding carboxylic acids is 1. The Hall–Kier alpha value is -2.26. The van der Waals surface area contributed by atoms with E-state index < -0.39 is 6.10 Å². The predicted molar refractivity (Wildman–Crippen MR) is 94.5 cm³/mol. The average Bonchev–Trinajstić information content (AvgIpc) is 3.35. The SMILES string of the molecule is Cc1cccc(C2=C(NC3CC3)OC(c3ccccc3)C2=O)c1Cl. The van der Waals surface area contributed by atoms with Gasteiger partial charge in [0.2, 0.25) is 5.78 Å². The minimum Gasteiger partial charge on any atom is -0.462 e. The molecule has 1 aliphatic carbocycles. The normalized spacial score (nSPS) is 20.2. The Kier molecular flexibility index (Phi) is 3.81. The standard InChI is InChI=1S/C20H18ClNO2/c1-12-6-5-9-15(17(12)21)16-18(23)19(13-7-3-2-4-8-13)24-20(16)22-14-10-11-14/h2-9,14,19,22H,10-11H2,1H3. The van der Waals surface area contributed by atoms with E-state index in [1.165, 1.54) is 0 Å². The maximum absolute atomic E-state index is 13.1. The van der Waals surface area contributed by atoms with E-state index >= 15 is 0 Å². The lowest BCUT2D eigenvalue weighted by molar-refractivity contribution is -0.120. The van der Waals surface area contributed by atoms with Crippen molar-refractivity contribution >= 4 is 23.0 Å². The molecule has 1 aliphatic heterocycles. The molecule has 1 heterocycles. The zero-order valence-corrected chi connectivity index (χ0v) is 14.1. The number of nitrogens with one attached hydrogen (secondary N) is 1. The van der Waals surface area contributed by atoms with Crippen molar-refractivity contribution < 1.29 is 9.53 Å². The number of ether oxygens (including phenoxy) is 1. The molecular weight excluding hydrogens is 322 g/mol. The molecule has 0 spiro atoms. The second-order valence-electron chi connectivity index (χ2n) is 6.33. The summed E-state index contributed by atoms with van der Waals surface area (Å²) in [4.78, 5) is 13.1. The van der Waals surface area contributed by atoms with Crippen LogP contribution >= 0.6 is 11.6 Å². The Bertz CT molecular complexity index is 825. The highest BCUT2D eigenvalue weighted by Crippen LogP contribution is 2.41. The van der Waals surface area contributed by atoms with Crippen LogP contribution in [0.1, 0.15) is 35.6 Å². The predicted octanol–water partition coefficient (Wildman–Crippen LogP) is 4.41. The second kappa shape index (κ2) is 5.99. The maximum atomic E-state index is 13.1. The van der Waals surface area contributed by atoms with Crippen molar-refractivity contribution in [2.45, 2.75) is 31.9 Å². The number of rotatable bonds is 4. The summed E-state index contributed by atoms with van der Waals surface area (Å²) in [5, 5.41) is 3.96. The van der Waals surface area contributed by atoms with Gasteiger partial charge in [-0.15, -0.1) is 0 Å². The zero-order chi connectivity index (χ0) is 16.7. The van der Waals surface area contributed by atoms with Crippen molar-refractivity contribution in [3.05, 3.63) is 76.1 Å². The van der Waals surface area contributed by atoms with Crippen molar-refractivity contribution in [1.82, 2.24) is 5.32 Å². The molecule has 2 aliphatic rings. The second-order valence-corrected chi connectivity index (χ2v) is 6.71. The molecule has 1 atom stereocenters. The molecule has 4 rings (SSSR count). The van der Waals surface area contributed by atoms with Gasteiger partial charge in [-0.2, -0.15) is 0 Å². The number of Topliss-reactive ketones (excluding diaryl/α,β-unsaturated/α-hetero) is 1. The summed E-state index contributed by atoms with van der Waals surface area (Å²) in [5.41, 5.74) is 3.10. The molecule has 24 heavy (non-hydrogen) atoms. The van der Waals surface area contributed by atoms with Crippen LogP contribution in [0.3, 0.4) is 0 Å². The number of hydrogen-bond donors (Lipinski definition) is 1. The molecule has 122 valence electrons. The third-order valence-corrected chi connectivity index (χ3v) is 4.93. The van der Waals surface area contributed by atoms with Crippen molar-refractivity contribution in [1.29, 1.82) is 0 Å². The van der Waals surface area contributed by atoms with Crippen LogP contribution in [0.2, 0.25) is 5.02 Å². The molecule has 0 bridgehead atoms. The molecule has 0 saturated heterocycles. The molecule has 0 amide bonds. The lowest BCUT2D eigenvalue weighted by atomic mass is 9.96. The van der Waals surface area contributed by atoms with E-state index in [9.17, 15) is 4.79 Å². The lowest BCUT2D eigenvalue weighted by Crippen LogP contribution is -2.17. The van der Waals surface area contributed by atoms with E-state index in [4.69, 9.17) is 16.3 Å². The number of halogens is 1. The molecule has 2 aromatic rings. The van der Waals surface area contributed by atoms with Crippen LogP contribution in [0, 0.1) is 6.92 Å². The van der Waals surface area contributed by atoms with Gasteiger partial charge < -0.3 is 10.1 Å². The van der Waals surface area contributed by atoms with Gasteiger partial charge in [0.15, 0.2) is 12.0 Å². The van der Waals surface area contributed by atoms with Gasteiger partial charge in [-0.1, -0.05) is 60.1 Å². The van der Waals surface area contributed by atoms with Crippen molar-refractivity contribution in [3.8, 4) is 0 Å². The molecular formula is C20H18ClNO2. The Morgan fingerprint density at radius 3 is 2.54 bits per heavy atom. The highest BCUT2D eigenvalue weighted by Gasteiger charge is 2.39. The Balaban J connectivity index is 1.77. The first-order valence-corrected chi connectivity index (χ1v) is 8.55. The number of ketones is 1. The van der Waals surface area contributed by atoms with Crippen LogP contribution in [0.15, 0.2) is 54.4 Å². The first-order chi connectivity index (χ1) is 11.6. The van der Waals surface area contributed by atoms with Gasteiger partial charge in [-0.05, 0) is 25.3 Å². The van der Waals surface area contributed by atoms with Gasteiger partial charge in [-0.3, -0.25) is 4.79 Å². The van der Waals surface area contributed by atoms with Gasteiger partial charge in [0.25, 0.3) is 0 Å². The van der Waals surface area contributed by atoms with Gasteiger partial charge in [-0.25, -0.2) is 0 Å². The summed E-state index contributed by atoms with van der Waals surface area (Å²) in [7, 11) is 0. The van der Waals surface area contributed by atoms with Crippen LogP contribution in [0.25, 0.3) is 5.57 Å². The molecule has 0 aromatic heterocycles. The molecule has 1 N–H and O–H groups in total. The van der Waals surface area contributed by atoms with Crippen molar-refractivity contribution in [3.63, 3.8) is 0 Å². The van der Waals surface area contributed by atoms with Gasteiger partial charge in [0, 0.05) is 17.2 Å². The Morgan fingerprint density at radius 1 is 1.08 bits per heavy atom. The zero-order valence-electron chi connectivity index (χ0n) is 13.4. The first-order valence-electron chi connectivity index (χ1n) is 8.17. The van der Waals surface area contributed by atoms with Crippen LogP contribution in [0.4, 0.5) is 0 Å². The van der Waals surface area contributed by atoms with E-state index in [0.717, 1.165) is 29.5 Å². The van der Waals surface area contributed by atoms with Gasteiger partial charge in [0.1, 0.15) is 0 Å². The third-order valence-electron chi connectivity index (χ3n) is 4.42. The number of aryl methyl sites for hydroxylation is 1. The Labute approximate surface area is 146 Å². The van der Waals surface area contributed by atoms with Crippen LogP contribution in [-0.2, 0) is 9.53 Å². The van der Waals surface area contributed by atoms with Gasteiger partial charge >= 0.3 is 0 Å². The third kappa shape index (κ3) is 2.69.